The van der Waals surface area contributed by atoms with E-state index in [9.17, 15) is 8.78 Å². The molecule has 0 spiro atoms. The average Bonchev–Trinajstić information content (AvgIpc) is 2.53. The monoisotopic (exact) mass is 350 g/mol. The van der Waals surface area contributed by atoms with Crippen molar-refractivity contribution in [2.24, 2.45) is 0 Å². The first kappa shape index (κ1) is 15.5. The summed E-state index contributed by atoms with van der Waals surface area (Å²) in [5, 5.41) is 0. The molecule has 0 aliphatic heterocycles. The van der Waals surface area contributed by atoms with Crippen LogP contribution >= 0.6 is 15.9 Å². The normalized spacial score (nSPS) is 12.6. The molecule has 5 heteroatoms. The van der Waals surface area contributed by atoms with Gasteiger partial charge in [0.15, 0.2) is 11.7 Å². The van der Waals surface area contributed by atoms with Gasteiger partial charge in [-0.25, -0.2) is 18.7 Å². The Labute approximate surface area is 130 Å². The van der Waals surface area contributed by atoms with Gasteiger partial charge in [-0.3, -0.25) is 0 Å². The molecule has 0 N–H and O–H groups in total. The van der Waals surface area contributed by atoms with Crippen molar-refractivity contribution in [3.05, 3.63) is 70.2 Å². The molecule has 0 unspecified atom stereocenters. The lowest BCUT2D eigenvalue weighted by Gasteiger charge is -2.03. The summed E-state index contributed by atoms with van der Waals surface area (Å²) < 4.78 is 29.0. The van der Waals surface area contributed by atoms with Crippen LogP contribution in [0.5, 0.6) is 0 Å². The van der Waals surface area contributed by atoms with Crippen LogP contribution in [0.4, 0.5) is 8.78 Å². The maximum absolute atomic E-state index is 14.1. The van der Waals surface area contributed by atoms with E-state index in [0.29, 0.717) is 12.2 Å². The fourth-order valence-corrected chi connectivity index (χ4v) is 1.91. The standard InChI is InChI=1S/C16H13BrF2N2/c1-2-3-4-14-20-9-12(10-21-14)16(19)15(18)11-5-7-13(17)8-6-11/h2-3,5-10H,4H2,1H3/b3-2?,16-15-. The van der Waals surface area contributed by atoms with Gasteiger partial charge in [0.25, 0.3) is 0 Å². The zero-order chi connectivity index (χ0) is 15.2. The van der Waals surface area contributed by atoms with Crippen molar-refractivity contribution in [1.82, 2.24) is 9.97 Å². The minimum atomic E-state index is -0.963. The third-order valence-electron chi connectivity index (χ3n) is 2.79. The second-order valence-corrected chi connectivity index (χ2v) is 5.21. The molecule has 2 nitrogen and oxygen atoms in total. The van der Waals surface area contributed by atoms with Crippen LogP contribution in [0.3, 0.4) is 0 Å². The maximum atomic E-state index is 14.1. The van der Waals surface area contributed by atoms with E-state index in [4.69, 9.17) is 0 Å². The van der Waals surface area contributed by atoms with Gasteiger partial charge in [-0.05, 0) is 19.1 Å². The summed E-state index contributed by atoms with van der Waals surface area (Å²) in [7, 11) is 0. The van der Waals surface area contributed by atoms with Crippen molar-refractivity contribution in [3.8, 4) is 0 Å². The van der Waals surface area contributed by atoms with E-state index in [2.05, 4.69) is 25.9 Å². The lowest BCUT2D eigenvalue weighted by atomic mass is 10.1. The molecule has 0 saturated heterocycles. The number of aromatic nitrogens is 2. The number of allylic oxidation sites excluding steroid dienone is 2. The van der Waals surface area contributed by atoms with E-state index < -0.39 is 11.7 Å². The molecule has 0 amide bonds. The van der Waals surface area contributed by atoms with E-state index in [1.165, 1.54) is 24.5 Å². The Bertz CT molecular complexity index is 662. The van der Waals surface area contributed by atoms with Crippen LogP contribution in [0.1, 0.15) is 23.9 Å². The minimum absolute atomic E-state index is 0.0275. The van der Waals surface area contributed by atoms with Crippen LogP contribution in [-0.2, 0) is 6.42 Å². The van der Waals surface area contributed by atoms with Crippen LogP contribution < -0.4 is 0 Å². The molecule has 21 heavy (non-hydrogen) atoms. The molecule has 1 aromatic heterocycles. The number of hydrogen-bond donors (Lipinski definition) is 0. The Hall–Kier alpha value is -1.88. The van der Waals surface area contributed by atoms with Crippen LogP contribution in [-0.4, -0.2) is 9.97 Å². The van der Waals surface area contributed by atoms with Crippen LogP contribution in [0.2, 0.25) is 0 Å². The number of nitrogens with zero attached hydrogens (tertiary/aromatic N) is 2. The molecule has 2 aromatic rings. The molecular weight excluding hydrogens is 338 g/mol. The summed E-state index contributed by atoms with van der Waals surface area (Å²) >= 11 is 3.25. The fourth-order valence-electron chi connectivity index (χ4n) is 1.65. The molecule has 1 heterocycles. The molecule has 0 aliphatic rings. The highest BCUT2D eigenvalue weighted by Crippen LogP contribution is 2.28. The molecule has 2 rings (SSSR count). The van der Waals surface area contributed by atoms with Gasteiger partial charge >= 0.3 is 0 Å². The summed E-state index contributed by atoms with van der Waals surface area (Å²) in [5.74, 6) is -1.32. The highest BCUT2D eigenvalue weighted by Gasteiger charge is 2.12. The number of rotatable bonds is 4. The van der Waals surface area contributed by atoms with Crippen molar-refractivity contribution in [1.29, 1.82) is 0 Å². The second kappa shape index (κ2) is 7.22. The summed E-state index contributed by atoms with van der Waals surface area (Å²) in [6, 6.07) is 6.30. The van der Waals surface area contributed by atoms with Gasteiger partial charge in [0.05, 0.1) is 5.56 Å². The topological polar surface area (TPSA) is 25.8 Å². The molecule has 0 aliphatic carbocycles. The zero-order valence-electron chi connectivity index (χ0n) is 11.4. The zero-order valence-corrected chi connectivity index (χ0v) is 12.9. The Morgan fingerprint density at radius 2 is 1.62 bits per heavy atom. The van der Waals surface area contributed by atoms with Crippen molar-refractivity contribution >= 4 is 27.6 Å². The van der Waals surface area contributed by atoms with Gasteiger partial charge in [-0.1, -0.05) is 40.2 Å². The van der Waals surface area contributed by atoms with Crippen molar-refractivity contribution in [2.75, 3.05) is 0 Å². The van der Waals surface area contributed by atoms with Gasteiger partial charge in [0.1, 0.15) is 5.82 Å². The first-order chi connectivity index (χ1) is 10.1. The number of halogens is 3. The summed E-state index contributed by atoms with van der Waals surface area (Å²) in [5.41, 5.74) is 0.202. The largest absolute Gasteiger partial charge is 0.240 e. The summed E-state index contributed by atoms with van der Waals surface area (Å²) in [4.78, 5) is 8.03. The van der Waals surface area contributed by atoms with Crippen LogP contribution in [0.15, 0.2) is 53.3 Å². The Kier molecular flexibility index (Phi) is 5.33. The molecule has 0 fully saturated rings. The quantitative estimate of drug-likeness (QED) is 0.715. The Morgan fingerprint density at radius 1 is 1.05 bits per heavy atom. The van der Waals surface area contributed by atoms with E-state index in [1.807, 2.05) is 19.1 Å². The van der Waals surface area contributed by atoms with E-state index in [-0.39, 0.29) is 11.1 Å². The van der Waals surface area contributed by atoms with Gasteiger partial charge in [-0.15, -0.1) is 0 Å². The molecule has 0 atom stereocenters. The minimum Gasteiger partial charge on any atom is -0.240 e. The van der Waals surface area contributed by atoms with Crippen molar-refractivity contribution in [2.45, 2.75) is 13.3 Å². The van der Waals surface area contributed by atoms with Crippen molar-refractivity contribution in [3.63, 3.8) is 0 Å². The van der Waals surface area contributed by atoms with E-state index in [0.717, 1.165) is 4.47 Å². The fraction of sp³-hybridized carbons (Fsp3) is 0.125. The first-order valence-electron chi connectivity index (χ1n) is 6.35. The van der Waals surface area contributed by atoms with Gasteiger partial charge in [0.2, 0.25) is 0 Å². The summed E-state index contributed by atoms with van der Waals surface area (Å²) in [6.07, 6.45) is 6.92. The highest BCUT2D eigenvalue weighted by atomic mass is 79.9. The van der Waals surface area contributed by atoms with Gasteiger partial charge in [-0.2, -0.15) is 0 Å². The summed E-state index contributed by atoms with van der Waals surface area (Å²) in [6.45, 7) is 1.89. The maximum Gasteiger partial charge on any atom is 0.169 e. The molecule has 108 valence electrons. The third kappa shape index (κ3) is 4.04. The smallest absolute Gasteiger partial charge is 0.169 e. The molecular formula is C16H13BrF2N2. The molecule has 1 aromatic carbocycles. The van der Waals surface area contributed by atoms with Crippen LogP contribution in [0, 0.1) is 0 Å². The lowest BCUT2D eigenvalue weighted by molar-refractivity contribution is 0.698. The lowest BCUT2D eigenvalue weighted by Crippen LogP contribution is -1.94. The van der Waals surface area contributed by atoms with Crippen LogP contribution in [0.25, 0.3) is 11.7 Å². The molecule has 0 radical (unpaired) electrons. The number of hydrogen-bond acceptors (Lipinski definition) is 2. The SMILES string of the molecule is CC=CCc1ncc(/C(F)=C(/F)c2ccc(Br)cc2)cn1. The second-order valence-electron chi connectivity index (χ2n) is 4.30. The first-order valence-corrected chi connectivity index (χ1v) is 7.14. The predicted molar refractivity (Wildman–Crippen MR) is 83.7 cm³/mol. The van der Waals surface area contributed by atoms with Gasteiger partial charge in [0, 0.05) is 28.9 Å². The number of benzene rings is 1. The average molecular weight is 351 g/mol. The molecule has 0 saturated carbocycles. The van der Waals surface area contributed by atoms with Crippen molar-refractivity contribution < 1.29 is 8.78 Å². The highest BCUT2D eigenvalue weighted by molar-refractivity contribution is 9.10. The Balaban J connectivity index is 2.27. The van der Waals surface area contributed by atoms with E-state index >= 15 is 0 Å². The van der Waals surface area contributed by atoms with E-state index in [1.54, 1.807) is 12.1 Å². The Morgan fingerprint density at radius 3 is 2.19 bits per heavy atom. The van der Waals surface area contributed by atoms with Gasteiger partial charge < -0.3 is 0 Å². The molecule has 0 bridgehead atoms. The third-order valence-corrected chi connectivity index (χ3v) is 3.31. The predicted octanol–water partition coefficient (Wildman–Crippen LogP) is 5.12.